The number of amides is 1. The number of aryl methyl sites for hydroxylation is 2. The number of nitrogens with one attached hydrogen (secondary N) is 1. The van der Waals surface area contributed by atoms with Crippen LogP contribution in [0.2, 0.25) is 5.02 Å². The Labute approximate surface area is 137 Å². The molecule has 0 saturated carbocycles. The van der Waals surface area contributed by atoms with E-state index in [0.717, 1.165) is 5.01 Å². The fourth-order valence-electron chi connectivity index (χ4n) is 2.14. The van der Waals surface area contributed by atoms with E-state index < -0.39 is 12.0 Å². The van der Waals surface area contributed by atoms with Crippen molar-refractivity contribution < 1.29 is 14.7 Å². The minimum atomic E-state index is -1.01. The second kappa shape index (κ2) is 6.89. The van der Waals surface area contributed by atoms with Crippen LogP contribution < -0.4 is 5.32 Å². The van der Waals surface area contributed by atoms with Gasteiger partial charge in [0.05, 0.1) is 23.2 Å². The Morgan fingerprint density at radius 2 is 2.05 bits per heavy atom. The Morgan fingerprint density at radius 1 is 1.36 bits per heavy atom. The number of thiazole rings is 1. The number of carbonyl (C=O) groups excluding carboxylic acids is 1. The molecule has 116 valence electrons. The van der Waals surface area contributed by atoms with E-state index in [9.17, 15) is 9.59 Å². The summed E-state index contributed by atoms with van der Waals surface area (Å²) in [6.07, 6.45) is -0.244. The number of carbonyl (C=O) groups is 2. The highest BCUT2D eigenvalue weighted by atomic mass is 35.5. The number of aliphatic carboxylic acids is 1. The summed E-state index contributed by atoms with van der Waals surface area (Å²) < 4.78 is 0. The lowest BCUT2D eigenvalue weighted by Gasteiger charge is -2.18. The van der Waals surface area contributed by atoms with Gasteiger partial charge in [-0.05, 0) is 25.5 Å². The van der Waals surface area contributed by atoms with Crippen LogP contribution >= 0.6 is 22.9 Å². The molecule has 0 bridgehead atoms. The summed E-state index contributed by atoms with van der Waals surface area (Å²) in [5.74, 6) is -1.35. The van der Waals surface area contributed by atoms with Gasteiger partial charge in [-0.3, -0.25) is 9.59 Å². The maximum absolute atomic E-state index is 12.4. The Hall–Kier alpha value is -1.92. The Kier molecular flexibility index (Phi) is 5.15. The maximum Gasteiger partial charge on any atom is 0.305 e. The minimum absolute atomic E-state index is 0.244. The number of hydrogen-bond acceptors (Lipinski definition) is 4. The molecule has 0 spiro atoms. The van der Waals surface area contributed by atoms with Crippen LogP contribution in [-0.4, -0.2) is 22.0 Å². The van der Waals surface area contributed by atoms with E-state index in [1.807, 2.05) is 6.92 Å². The van der Waals surface area contributed by atoms with Crippen LogP contribution in [0.25, 0.3) is 0 Å². The predicted molar refractivity (Wildman–Crippen MR) is 85.5 cm³/mol. The van der Waals surface area contributed by atoms with E-state index in [0.29, 0.717) is 21.2 Å². The monoisotopic (exact) mass is 338 g/mol. The zero-order valence-corrected chi connectivity index (χ0v) is 13.7. The molecule has 7 heteroatoms. The molecule has 1 amide bonds. The number of halogens is 1. The van der Waals surface area contributed by atoms with Crippen LogP contribution in [0.5, 0.6) is 0 Å². The molecule has 0 aliphatic carbocycles. The Bertz CT molecular complexity index is 715. The molecular weight excluding hydrogens is 324 g/mol. The summed E-state index contributed by atoms with van der Waals surface area (Å²) in [7, 11) is 0. The number of hydrogen-bond donors (Lipinski definition) is 2. The lowest BCUT2D eigenvalue weighted by molar-refractivity contribution is -0.137. The first-order valence-electron chi connectivity index (χ1n) is 6.59. The van der Waals surface area contributed by atoms with Crippen molar-refractivity contribution >= 4 is 34.8 Å². The van der Waals surface area contributed by atoms with Crippen LogP contribution in [0.4, 0.5) is 0 Å². The van der Waals surface area contributed by atoms with Gasteiger partial charge < -0.3 is 10.4 Å². The van der Waals surface area contributed by atoms with Gasteiger partial charge in [-0.15, -0.1) is 11.3 Å². The van der Waals surface area contributed by atoms with Gasteiger partial charge in [0, 0.05) is 5.02 Å². The molecule has 1 aromatic carbocycles. The topological polar surface area (TPSA) is 79.3 Å². The quantitative estimate of drug-likeness (QED) is 0.876. The van der Waals surface area contributed by atoms with Crippen molar-refractivity contribution in [1.29, 1.82) is 0 Å². The van der Waals surface area contributed by atoms with Gasteiger partial charge in [-0.25, -0.2) is 4.98 Å². The summed E-state index contributed by atoms with van der Waals surface area (Å²) in [5.41, 5.74) is 1.21. The molecule has 0 aliphatic rings. The van der Waals surface area contributed by atoms with Crippen molar-refractivity contribution in [2.24, 2.45) is 0 Å². The molecule has 0 fully saturated rings. The number of benzene rings is 1. The van der Waals surface area contributed by atoms with Crippen molar-refractivity contribution in [2.45, 2.75) is 26.3 Å². The average Bonchev–Trinajstić information content (AvgIpc) is 2.77. The first kappa shape index (κ1) is 16.5. The van der Waals surface area contributed by atoms with Crippen LogP contribution in [0, 0.1) is 13.8 Å². The lowest BCUT2D eigenvalue weighted by Crippen LogP contribution is -2.30. The molecule has 0 saturated heterocycles. The molecule has 5 nitrogen and oxygen atoms in total. The molecule has 2 aromatic rings. The van der Waals surface area contributed by atoms with Crippen LogP contribution in [0.3, 0.4) is 0 Å². The normalized spacial score (nSPS) is 12.0. The van der Waals surface area contributed by atoms with Gasteiger partial charge in [0.1, 0.15) is 4.88 Å². The Morgan fingerprint density at radius 3 is 2.59 bits per heavy atom. The third-order valence-electron chi connectivity index (χ3n) is 3.07. The zero-order valence-electron chi connectivity index (χ0n) is 12.1. The van der Waals surface area contributed by atoms with Gasteiger partial charge in [-0.2, -0.15) is 0 Å². The number of carboxylic acid groups (broad SMARTS) is 1. The zero-order chi connectivity index (χ0) is 16.3. The first-order chi connectivity index (χ1) is 10.4. The summed E-state index contributed by atoms with van der Waals surface area (Å²) in [4.78, 5) is 28.1. The second-order valence-electron chi connectivity index (χ2n) is 4.79. The number of carboxylic acids is 1. The molecule has 1 aromatic heterocycles. The van der Waals surface area contributed by atoms with Crippen molar-refractivity contribution in [3.63, 3.8) is 0 Å². The average molecular weight is 339 g/mol. The molecule has 1 atom stereocenters. The van der Waals surface area contributed by atoms with Crippen LogP contribution in [0.15, 0.2) is 24.3 Å². The standard InChI is InChI=1S/C15H15ClN2O3S/c1-8-14(22-9(2)17-8)15(21)18-12(7-13(19)20)10-5-3-4-6-11(10)16/h3-6,12H,7H2,1-2H3,(H,18,21)(H,19,20). The van der Waals surface area contributed by atoms with Gasteiger partial charge in [-0.1, -0.05) is 29.8 Å². The molecule has 22 heavy (non-hydrogen) atoms. The number of nitrogens with zero attached hydrogens (tertiary/aromatic N) is 1. The smallest absolute Gasteiger partial charge is 0.305 e. The van der Waals surface area contributed by atoms with E-state index in [2.05, 4.69) is 10.3 Å². The molecule has 1 unspecified atom stereocenters. The molecule has 2 N–H and O–H groups in total. The molecular formula is C15H15ClN2O3S. The summed E-state index contributed by atoms with van der Waals surface area (Å²) in [6.45, 7) is 3.57. The SMILES string of the molecule is Cc1nc(C)c(C(=O)NC(CC(=O)O)c2ccccc2Cl)s1. The van der Waals surface area contributed by atoms with E-state index in [-0.39, 0.29) is 12.3 Å². The van der Waals surface area contributed by atoms with Crippen molar-refractivity contribution in [3.8, 4) is 0 Å². The fraction of sp³-hybridized carbons (Fsp3) is 0.267. The number of rotatable bonds is 5. The highest BCUT2D eigenvalue weighted by Crippen LogP contribution is 2.26. The van der Waals surface area contributed by atoms with E-state index >= 15 is 0 Å². The Balaban J connectivity index is 2.27. The van der Waals surface area contributed by atoms with Gasteiger partial charge >= 0.3 is 5.97 Å². The van der Waals surface area contributed by atoms with Gasteiger partial charge in [0.15, 0.2) is 0 Å². The van der Waals surface area contributed by atoms with Gasteiger partial charge in [0.2, 0.25) is 0 Å². The van der Waals surface area contributed by atoms with Crippen LogP contribution in [0.1, 0.15) is 38.4 Å². The first-order valence-corrected chi connectivity index (χ1v) is 7.79. The van der Waals surface area contributed by atoms with Gasteiger partial charge in [0.25, 0.3) is 5.91 Å². The highest BCUT2D eigenvalue weighted by Gasteiger charge is 2.23. The van der Waals surface area contributed by atoms with Crippen LogP contribution in [-0.2, 0) is 4.79 Å². The van der Waals surface area contributed by atoms with E-state index in [4.69, 9.17) is 16.7 Å². The number of aromatic nitrogens is 1. The van der Waals surface area contributed by atoms with Crippen molar-refractivity contribution in [3.05, 3.63) is 50.4 Å². The molecule has 0 radical (unpaired) electrons. The maximum atomic E-state index is 12.4. The van der Waals surface area contributed by atoms with Crippen molar-refractivity contribution in [1.82, 2.24) is 10.3 Å². The molecule has 1 heterocycles. The molecule has 0 aliphatic heterocycles. The highest BCUT2D eigenvalue weighted by molar-refractivity contribution is 7.13. The summed E-state index contributed by atoms with van der Waals surface area (Å²) >= 11 is 7.39. The van der Waals surface area contributed by atoms with E-state index in [1.165, 1.54) is 11.3 Å². The third-order valence-corrected chi connectivity index (χ3v) is 4.49. The third kappa shape index (κ3) is 3.84. The fourth-order valence-corrected chi connectivity index (χ4v) is 3.23. The predicted octanol–water partition coefficient (Wildman–Crippen LogP) is 3.36. The summed E-state index contributed by atoms with van der Waals surface area (Å²) in [5, 5.41) is 13.0. The minimum Gasteiger partial charge on any atom is -0.481 e. The lowest BCUT2D eigenvalue weighted by atomic mass is 10.0. The second-order valence-corrected chi connectivity index (χ2v) is 6.40. The summed E-state index contributed by atoms with van der Waals surface area (Å²) in [6, 6.07) is 6.19. The van der Waals surface area contributed by atoms with E-state index in [1.54, 1.807) is 31.2 Å². The van der Waals surface area contributed by atoms with Crippen molar-refractivity contribution in [2.75, 3.05) is 0 Å². The largest absolute Gasteiger partial charge is 0.481 e. The molecule has 2 rings (SSSR count).